The van der Waals surface area contributed by atoms with Crippen LogP contribution in [0.2, 0.25) is 0 Å². The normalized spacial score (nSPS) is 19.5. The van der Waals surface area contributed by atoms with Gasteiger partial charge in [-0.2, -0.15) is 12.7 Å². The number of aromatic nitrogens is 4. The van der Waals surface area contributed by atoms with Crippen LogP contribution in [0.15, 0.2) is 73.3 Å². The van der Waals surface area contributed by atoms with Gasteiger partial charge in [0.25, 0.3) is 5.91 Å². The van der Waals surface area contributed by atoms with Gasteiger partial charge in [0.15, 0.2) is 23.5 Å². The largest absolute Gasteiger partial charge is 0.445 e. The van der Waals surface area contributed by atoms with E-state index in [-0.39, 0.29) is 31.9 Å². The summed E-state index contributed by atoms with van der Waals surface area (Å²) < 4.78 is 74.9. The monoisotopic (exact) mass is 953 g/mol. The summed E-state index contributed by atoms with van der Waals surface area (Å²) in [5, 5.41) is 5.20. The van der Waals surface area contributed by atoms with E-state index in [1.807, 2.05) is 36.4 Å². The lowest BCUT2D eigenvalue weighted by Gasteiger charge is -2.29. The molecule has 0 spiro atoms. The number of benzene rings is 2. The van der Waals surface area contributed by atoms with E-state index in [0.29, 0.717) is 69.0 Å². The summed E-state index contributed by atoms with van der Waals surface area (Å²) in [6, 6.07) is 17.0. The fourth-order valence-corrected chi connectivity index (χ4v) is 8.77. The highest BCUT2D eigenvalue weighted by Gasteiger charge is 2.57. The van der Waals surface area contributed by atoms with E-state index < -0.39 is 70.3 Å². The van der Waals surface area contributed by atoms with Gasteiger partial charge in [0.2, 0.25) is 0 Å². The van der Waals surface area contributed by atoms with Gasteiger partial charge in [-0.3, -0.25) is 9.36 Å². The Morgan fingerprint density at radius 1 is 0.866 bits per heavy atom. The molecule has 3 amide bonds. The minimum absolute atomic E-state index is 0.0107. The maximum Gasteiger partial charge on any atom is 0.408 e. The third kappa shape index (κ3) is 15.3. The topological polar surface area (TPSA) is 259 Å². The number of alkyl carbamates (subject to hydrolysis) is 2. The van der Waals surface area contributed by atoms with Crippen molar-refractivity contribution in [1.82, 2.24) is 39.2 Å². The van der Waals surface area contributed by atoms with Crippen LogP contribution in [0, 0.1) is 0 Å². The molecule has 5 N–H and O–H groups in total. The average molecular weight is 954 g/mol. The van der Waals surface area contributed by atoms with Gasteiger partial charge in [0.1, 0.15) is 48.4 Å². The fourth-order valence-electron chi connectivity index (χ4n) is 7.54. The second-order valence-electron chi connectivity index (χ2n) is 17.6. The van der Waals surface area contributed by atoms with Crippen molar-refractivity contribution in [2.45, 2.75) is 115 Å². The molecule has 2 aromatic carbocycles. The van der Waals surface area contributed by atoms with E-state index in [1.54, 1.807) is 63.5 Å². The average Bonchev–Trinajstić information content (AvgIpc) is 3.94. The van der Waals surface area contributed by atoms with E-state index >= 15 is 0 Å². The summed E-state index contributed by atoms with van der Waals surface area (Å²) in [7, 11) is -4.58. The molecule has 2 saturated heterocycles. The Morgan fingerprint density at radius 3 is 2.25 bits per heavy atom. The quantitative estimate of drug-likeness (QED) is 0.0720. The lowest BCUT2D eigenvalue weighted by atomic mass is 10.1. The molecule has 0 radical (unpaired) electrons. The first-order valence-electron chi connectivity index (χ1n) is 22.4. The van der Waals surface area contributed by atoms with Crippen molar-refractivity contribution in [3.63, 3.8) is 0 Å². The Balaban J connectivity index is 1.05. The number of amides is 3. The highest BCUT2D eigenvalue weighted by atomic mass is 32.2. The van der Waals surface area contributed by atoms with Gasteiger partial charge >= 0.3 is 22.4 Å². The molecule has 67 heavy (non-hydrogen) atoms. The zero-order chi connectivity index (χ0) is 48.0. The van der Waals surface area contributed by atoms with Gasteiger partial charge in [-0.1, -0.05) is 73.5 Å². The first kappa shape index (κ1) is 50.9. The van der Waals surface area contributed by atoms with Crippen LogP contribution in [0.1, 0.15) is 77.7 Å². The number of imidazole rings is 1. The van der Waals surface area contributed by atoms with Crippen molar-refractivity contribution in [2.24, 2.45) is 0 Å². The third-order valence-corrected chi connectivity index (χ3v) is 12.0. The molecule has 2 aliphatic heterocycles. The van der Waals surface area contributed by atoms with Gasteiger partial charge in [-0.25, -0.2) is 29.3 Å². The Hall–Kier alpha value is -5.49. The van der Waals surface area contributed by atoms with Gasteiger partial charge < -0.3 is 49.5 Å². The number of unbranched alkanes of at least 4 members (excludes halogenated alkanes) is 3. The van der Waals surface area contributed by atoms with Crippen LogP contribution in [0.5, 0.6) is 0 Å². The Kier molecular flexibility index (Phi) is 17.9. The predicted molar refractivity (Wildman–Crippen MR) is 244 cm³/mol. The zero-order valence-electron chi connectivity index (χ0n) is 38.6. The third-order valence-electron chi connectivity index (χ3n) is 10.6. The van der Waals surface area contributed by atoms with Crippen molar-refractivity contribution in [1.29, 1.82) is 0 Å². The molecule has 22 heteroatoms. The summed E-state index contributed by atoms with van der Waals surface area (Å²) in [6.45, 7) is 10.3. The number of carbonyl (C=O) groups excluding carboxylic acids is 3. The molecule has 0 saturated carbocycles. The first-order chi connectivity index (χ1) is 32.0. The number of hydrogen-bond acceptors (Lipinski definition) is 16. The van der Waals surface area contributed by atoms with Gasteiger partial charge in [-0.15, -0.1) is 0 Å². The van der Waals surface area contributed by atoms with Crippen LogP contribution >= 0.6 is 0 Å². The van der Waals surface area contributed by atoms with Crippen LogP contribution in [0.25, 0.3) is 11.2 Å². The second kappa shape index (κ2) is 23.5. The van der Waals surface area contributed by atoms with Crippen LogP contribution in [0.3, 0.4) is 0 Å². The molecule has 4 aromatic rings. The molecule has 5 atom stereocenters. The van der Waals surface area contributed by atoms with E-state index in [4.69, 9.17) is 38.9 Å². The minimum Gasteiger partial charge on any atom is -0.445 e. The summed E-state index contributed by atoms with van der Waals surface area (Å²) in [4.78, 5) is 51.6. The SMILES string of the molecule is CC(C)(C)OC(=O)N[C@@H](Cc1ccccc1)C(=O)NS(=O)(=O)N(CCCCCCOCCOCCNC(=O)OCc1ccccc1)C[C@H]1O[C@@H](n2cnc3c(N)ncnc32)[C@@H]2OC(C)(C)O[C@@H]21. The number of anilines is 1. The molecule has 366 valence electrons. The molecule has 2 aliphatic rings. The molecule has 0 bridgehead atoms. The number of hydrogen-bond donors (Lipinski definition) is 4. The Bertz CT molecular complexity index is 2330. The van der Waals surface area contributed by atoms with Crippen molar-refractivity contribution >= 4 is 45.3 Å². The van der Waals surface area contributed by atoms with Gasteiger partial charge in [0, 0.05) is 32.7 Å². The van der Waals surface area contributed by atoms with Gasteiger partial charge in [0.05, 0.1) is 26.1 Å². The number of fused-ring (bicyclic) bond motifs is 2. The summed E-state index contributed by atoms with van der Waals surface area (Å²) >= 11 is 0. The smallest absolute Gasteiger partial charge is 0.408 e. The van der Waals surface area contributed by atoms with Crippen LogP contribution < -0.4 is 21.1 Å². The molecular weight excluding hydrogens is 891 g/mol. The molecule has 0 unspecified atom stereocenters. The molecule has 0 aliphatic carbocycles. The lowest BCUT2D eigenvalue weighted by Crippen LogP contribution is -2.54. The summed E-state index contributed by atoms with van der Waals surface area (Å²) in [5.41, 5.74) is 7.54. The zero-order valence-corrected chi connectivity index (χ0v) is 39.4. The summed E-state index contributed by atoms with van der Waals surface area (Å²) in [6.07, 6.45) is 0.776. The maximum atomic E-state index is 14.4. The number of carbonyl (C=O) groups is 3. The highest BCUT2D eigenvalue weighted by Crippen LogP contribution is 2.44. The number of rotatable bonds is 24. The number of nitrogens with one attached hydrogen (secondary N) is 3. The van der Waals surface area contributed by atoms with Crippen LogP contribution in [0.4, 0.5) is 15.4 Å². The molecule has 4 heterocycles. The molecule has 2 aromatic heterocycles. The van der Waals surface area contributed by atoms with Crippen molar-refractivity contribution < 1.29 is 56.0 Å². The minimum atomic E-state index is -4.58. The van der Waals surface area contributed by atoms with E-state index in [2.05, 4.69) is 30.3 Å². The first-order valence-corrected chi connectivity index (χ1v) is 23.8. The van der Waals surface area contributed by atoms with Crippen molar-refractivity contribution in [3.8, 4) is 0 Å². The molecule has 21 nitrogen and oxygen atoms in total. The molecule has 6 rings (SSSR count). The number of nitrogens with two attached hydrogens (primary N) is 1. The second-order valence-corrected chi connectivity index (χ2v) is 19.2. The van der Waals surface area contributed by atoms with Crippen LogP contribution in [-0.2, 0) is 61.2 Å². The van der Waals surface area contributed by atoms with E-state index in [1.165, 1.54) is 12.7 Å². The number of nitrogen functional groups attached to an aromatic ring is 1. The number of ether oxygens (including phenoxy) is 7. The number of nitrogens with zero attached hydrogens (tertiary/aromatic N) is 5. The van der Waals surface area contributed by atoms with E-state index in [0.717, 1.165) is 16.3 Å². The summed E-state index contributed by atoms with van der Waals surface area (Å²) in [5.74, 6) is -1.82. The van der Waals surface area contributed by atoms with Crippen molar-refractivity contribution in [3.05, 3.63) is 84.4 Å². The maximum absolute atomic E-state index is 14.4. The predicted octanol–water partition coefficient (Wildman–Crippen LogP) is 4.15. The van der Waals surface area contributed by atoms with Gasteiger partial charge in [-0.05, 0) is 58.6 Å². The standard InChI is InChI=1S/C45H63N9O12S/c1-44(2,3)66-43(57)51-33(26-31-16-10-8-11-17-31)40(55)52-67(58,59)53(21-14-6-7-15-22-60-24-25-61-23-20-47-42(56)62-28-32-18-12-9-13-19-32)27-34-36-37(65-45(4,5)64-36)41(63-34)54-30-50-35-38(46)48-29-49-39(35)54/h8-13,16-19,29-30,33-34,36-37,41H,6-7,14-15,20-28H2,1-5H3,(H,47,56)(H,51,57)(H,52,55)(H2,46,48,49)/t33-,34+,36+,37+,41+/m0/s1. The van der Waals surface area contributed by atoms with E-state index in [9.17, 15) is 22.8 Å². The van der Waals surface area contributed by atoms with Crippen molar-refractivity contribution in [2.75, 3.05) is 51.8 Å². The fraction of sp³-hybridized carbons (Fsp3) is 0.556. The highest BCUT2D eigenvalue weighted by molar-refractivity contribution is 7.87. The molecule has 2 fully saturated rings. The Labute approximate surface area is 390 Å². The van der Waals surface area contributed by atoms with Crippen LogP contribution in [-0.4, -0.2) is 132 Å². The Morgan fingerprint density at radius 2 is 1.54 bits per heavy atom. The molecular formula is C45H63N9O12S. The lowest BCUT2D eigenvalue weighted by molar-refractivity contribution is -0.196.